The van der Waals surface area contributed by atoms with E-state index in [9.17, 15) is 18.3 Å². The number of hydrogen-bond donors (Lipinski definition) is 1. The van der Waals surface area contributed by atoms with Gasteiger partial charge in [-0.25, -0.2) is 0 Å². The van der Waals surface area contributed by atoms with Gasteiger partial charge in [0.2, 0.25) is 0 Å². The Hall–Kier alpha value is -1.15. The molecule has 1 aromatic rings. The summed E-state index contributed by atoms with van der Waals surface area (Å²) >= 11 is 0. The molecule has 1 aromatic heterocycles. The highest BCUT2D eigenvalue weighted by molar-refractivity contribution is 5.02. The Morgan fingerprint density at radius 3 is 2.56 bits per heavy atom. The van der Waals surface area contributed by atoms with Crippen molar-refractivity contribution in [2.45, 2.75) is 38.6 Å². The smallest absolute Gasteiger partial charge is 0.384 e. The summed E-state index contributed by atoms with van der Waals surface area (Å²) in [5.74, 6) is 0. The van der Waals surface area contributed by atoms with Gasteiger partial charge in [0.15, 0.2) is 0 Å². The molecule has 0 spiro atoms. The Kier molecular flexibility index (Phi) is 4.69. The van der Waals surface area contributed by atoms with Crippen LogP contribution in [0.1, 0.15) is 26.0 Å². The minimum atomic E-state index is -4.29. The molecule has 0 bridgehead atoms. The third-order valence-corrected chi connectivity index (χ3v) is 2.11. The monoisotopic (exact) mass is 267 g/mol. The molecule has 18 heavy (non-hydrogen) atoms. The highest BCUT2D eigenvalue weighted by Gasteiger charge is 2.27. The molecule has 1 rings (SSSR count). The third-order valence-electron chi connectivity index (χ3n) is 2.11. The van der Waals surface area contributed by atoms with Crippen LogP contribution in [0.3, 0.4) is 0 Å². The maximum Gasteiger partial charge on any atom is 0.411 e. The molecule has 1 heterocycles. The van der Waals surface area contributed by atoms with E-state index in [0.29, 0.717) is 18.7 Å². The van der Waals surface area contributed by atoms with Crippen molar-refractivity contribution in [3.8, 4) is 0 Å². The lowest BCUT2D eigenvalue weighted by molar-refractivity contribution is -0.174. The largest absolute Gasteiger partial charge is 0.411 e. The van der Waals surface area contributed by atoms with E-state index >= 15 is 0 Å². The molecule has 0 aliphatic carbocycles. The summed E-state index contributed by atoms with van der Waals surface area (Å²) in [6.07, 6.45) is -2.34. The number of nitrogens with zero attached hydrogens (tertiary/aromatic N) is 3. The van der Waals surface area contributed by atoms with Crippen LogP contribution in [0, 0.1) is 0 Å². The van der Waals surface area contributed by atoms with Gasteiger partial charge in [0.1, 0.15) is 17.9 Å². The van der Waals surface area contributed by atoms with Crippen LogP contribution in [-0.4, -0.2) is 39.5 Å². The van der Waals surface area contributed by atoms with Crippen LogP contribution < -0.4 is 0 Å². The number of halogens is 3. The topological polar surface area (TPSA) is 60.2 Å². The van der Waals surface area contributed by atoms with Crippen molar-refractivity contribution >= 4 is 0 Å². The lowest BCUT2D eigenvalue weighted by Gasteiger charge is -2.11. The second-order valence-electron chi connectivity index (χ2n) is 4.45. The number of rotatable bonds is 6. The molecule has 0 saturated heterocycles. The SMILES string of the molecule is CC(C)(O)c1cn(CCCOCC(F)(F)F)nn1. The van der Waals surface area contributed by atoms with Crippen molar-refractivity contribution in [2.24, 2.45) is 0 Å². The molecule has 0 fully saturated rings. The van der Waals surface area contributed by atoms with Crippen LogP contribution in [0.2, 0.25) is 0 Å². The van der Waals surface area contributed by atoms with Crippen molar-refractivity contribution in [1.29, 1.82) is 0 Å². The minimum Gasteiger partial charge on any atom is -0.384 e. The van der Waals surface area contributed by atoms with Gasteiger partial charge < -0.3 is 9.84 Å². The van der Waals surface area contributed by atoms with E-state index in [0.717, 1.165) is 0 Å². The predicted octanol–water partition coefficient (Wildman–Crippen LogP) is 1.47. The lowest BCUT2D eigenvalue weighted by atomic mass is 10.1. The second-order valence-corrected chi connectivity index (χ2v) is 4.45. The Balaban J connectivity index is 2.26. The lowest BCUT2D eigenvalue weighted by Crippen LogP contribution is -2.18. The second kappa shape index (κ2) is 5.66. The summed E-state index contributed by atoms with van der Waals surface area (Å²) in [6.45, 7) is 2.30. The van der Waals surface area contributed by atoms with E-state index in [2.05, 4.69) is 15.0 Å². The van der Waals surface area contributed by atoms with Crippen LogP contribution in [0.4, 0.5) is 13.2 Å². The number of ether oxygens (including phenoxy) is 1. The van der Waals surface area contributed by atoms with Crippen LogP contribution >= 0.6 is 0 Å². The summed E-state index contributed by atoms with van der Waals surface area (Å²) in [5, 5.41) is 17.2. The van der Waals surface area contributed by atoms with Gasteiger partial charge in [-0.05, 0) is 20.3 Å². The highest BCUT2D eigenvalue weighted by Crippen LogP contribution is 2.16. The van der Waals surface area contributed by atoms with Gasteiger partial charge in [-0.1, -0.05) is 5.21 Å². The molecule has 8 heteroatoms. The van der Waals surface area contributed by atoms with Crippen molar-refractivity contribution in [1.82, 2.24) is 15.0 Å². The van der Waals surface area contributed by atoms with E-state index < -0.39 is 18.4 Å². The first-order valence-electron chi connectivity index (χ1n) is 5.46. The molecule has 0 saturated carbocycles. The number of aryl methyl sites for hydroxylation is 1. The van der Waals surface area contributed by atoms with Crippen molar-refractivity contribution in [3.63, 3.8) is 0 Å². The molecule has 104 valence electrons. The van der Waals surface area contributed by atoms with Crippen LogP contribution in [-0.2, 0) is 16.9 Å². The molecule has 0 aliphatic heterocycles. The number of aliphatic hydroxyl groups is 1. The van der Waals surface area contributed by atoms with Crippen molar-refractivity contribution in [3.05, 3.63) is 11.9 Å². The fourth-order valence-electron chi connectivity index (χ4n) is 1.20. The standard InChI is InChI=1S/C10H16F3N3O2/c1-9(2,17)8-6-16(15-14-8)4-3-5-18-7-10(11,12)13/h6,17H,3-5,7H2,1-2H3. The molecule has 0 radical (unpaired) electrons. The first kappa shape index (κ1) is 14.9. The first-order valence-corrected chi connectivity index (χ1v) is 5.46. The molecule has 0 unspecified atom stereocenters. The summed E-state index contributed by atoms with van der Waals surface area (Å²) < 4.78 is 41.2. The maximum atomic E-state index is 11.8. The first-order chi connectivity index (χ1) is 8.18. The van der Waals surface area contributed by atoms with Crippen molar-refractivity contribution in [2.75, 3.05) is 13.2 Å². The fourth-order valence-corrected chi connectivity index (χ4v) is 1.20. The van der Waals surface area contributed by atoms with E-state index in [1.807, 2.05) is 0 Å². The molecule has 0 aliphatic rings. The zero-order valence-corrected chi connectivity index (χ0v) is 10.2. The molecule has 0 aromatic carbocycles. The molecule has 0 amide bonds. The van der Waals surface area contributed by atoms with Gasteiger partial charge in [0.05, 0.1) is 6.20 Å². The Morgan fingerprint density at radius 2 is 2.06 bits per heavy atom. The Morgan fingerprint density at radius 1 is 1.39 bits per heavy atom. The summed E-state index contributed by atoms with van der Waals surface area (Å²) in [5.41, 5.74) is -0.663. The average molecular weight is 267 g/mol. The third kappa shape index (κ3) is 5.46. The zero-order valence-electron chi connectivity index (χ0n) is 10.2. The normalized spacial score (nSPS) is 13.0. The predicted molar refractivity (Wildman–Crippen MR) is 56.8 cm³/mol. The molecule has 0 atom stereocenters. The zero-order chi connectivity index (χ0) is 13.8. The van der Waals surface area contributed by atoms with Gasteiger partial charge in [-0.2, -0.15) is 13.2 Å². The summed E-state index contributed by atoms with van der Waals surface area (Å²) in [7, 11) is 0. The quantitative estimate of drug-likeness (QED) is 0.793. The van der Waals surface area contributed by atoms with E-state index in [4.69, 9.17) is 0 Å². The fraction of sp³-hybridized carbons (Fsp3) is 0.800. The molecule has 5 nitrogen and oxygen atoms in total. The van der Waals surface area contributed by atoms with Crippen LogP contribution in [0.15, 0.2) is 6.20 Å². The minimum absolute atomic E-state index is 0.00276. The van der Waals surface area contributed by atoms with E-state index in [1.54, 1.807) is 20.0 Å². The van der Waals surface area contributed by atoms with Gasteiger partial charge in [-0.15, -0.1) is 5.10 Å². The molecular weight excluding hydrogens is 251 g/mol. The van der Waals surface area contributed by atoms with Crippen LogP contribution in [0.25, 0.3) is 0 Å². The number of aromatic nitrogens is 3. The van der Waals surface area contributed by atoms with E-state index in [1.165, 1.54) is 4.68 Å². The van der Waals surface area contributed by atoms with Crippen molar-refractivity contribution < 1.29 is 23.0 Å². The van der Waals surface area contributed by atoms with Gasteiger partial charge in [0.25, 0.3) is 0 Å². The Bertz CT molecular complexity index is 371. The van der Waals surface area contributed by atoms with E-state index in [-0.39, 0.29) is 6.61 Å². The Labute approximate surface area is 103 Å². The number of hydrogen-bond acceptors (Lipinski definition) is 4. The van der Waals surface area contributed by atoms with Crippen LogP contribution in [0.5, 0.6) is 0 Å². The molecule has 1 N–H and O–H groups in total. The average Bonchev–Trinajstić information content (AvgIpc) is 2.63. The summed E-state index contributed by atoms with van der Waals surface area (Å²) in [6, 6.07) is 0. The van der Waals surface area contributed by atoms with Gasteiger partial charge in [0, 0.05) is 13.2 Å². The maximum absolute atomic E-state index is 11.8. The summed E-state index contributed by atoms with van der Waals surface area (Å²) in [4.78, 5) is 0. The van der Waals surface area contributed by atoms with Gasteiger partial charge in [-0.3, -0.25) is 4.68 Å². The number of alkyl halides is 3. The highest BCUT2D eigenvalue weighted by atomic mass is 19.4. The molecular formula is C10H16F3N3O2. The van der Waals surface area contributed by atoms with Gasteiger partial charge >= 0.3 is 6.18 Å².